The topological polar surface area (TPSA) is 12.4 Å². The first-order valence-electron chi connectivity index (χ1n) is 3.88. The third-order valence-corrected chi connectivity index (χ3v) is 2.06. The Morgan fingerprint density at radius 3 is 3.00 bits per heavy atom. The summed E-state index contributed by atoms with van der Waals surface area (Å²) in [7, 11) is 0. The van der Waals surface area contributed by atoms with Crippen LogP contribution in [-0.4, -0.2) is 6.21 Å². The predicted molar refractivity (Wildman–Crippen MR) is 43.1 cm³/mol. The molecule has 10 heavy (non-hydrogen) atoms. The first kappa shape index (κ1) is 5.90. The van der Waals surface area contributed by atoms with Crippen LogP contribution in [-0.2, 0) is 0 Å². The molecule has 0 N–H and O–H groups in total. The van der Waals surface area contributed by atoms with Crippen LogP contribution in [0.1, 0.15) is 25.7 Å². The minimum absolute atomic E-state index is 1.15. The molecule has 0 aromatic carbocycles. The fraction of sp³-hybridized carbons (Fsp3) is 0.444. The van der Waals surface area contributed by atoms with E-state index in [1.165, 1.54) is 25.0 Å². The van der Waals surface area contributed by atoms with Crippen LogP contribution in [0.3, 0.4) is 0 Å². The molecule has 0 atom stereocenters. The number of hydrogen-bond acceptors (Lipinski definition) is 1. The van der Waals surface area contributed by atoms with Gasteiger partial charge in [0.2, 0.25) is 0 Å². The van der Waals surface area contributed by atoms with Gasteiger partial charge in [0.25, 0.3) is 0 Å². The van der Waals surface area contributed by atoms with Gasteiger partial charge < -0.3 is 0 Å². The van der Waals surface area contributed by atoms with Crippen molar-refractivity contribution in [2.75, 3.05) is 0 Å². The largest absolute Gasteiger partial charge is 0.261 e. The highest BCUT2D eigenvalue weighted by molar-refractivity contribution is 5.63. The zero-order valence-electron chi connectivity index (χ0n) is 6.01. The van der Waals surface area contributed by atoms with Crippen molar-refractivity contribution >= 4 is 6.21 Å². The number of allylic oxidation sites excluding steroid dienone is 3. The molecule has 0 unspecified atom stereocenters. The van der Waals surface area contributed by atoms with Crippen LogP contribution in [0.5, 0.6) is 0 Å². The minimum Gasteiger partial charge on any atom is -0.261 e. The van der Waals surface area contributed by atoms with Crippen molar-refractivity contribution in [3.05, 3.63) is 23.4 Å². The van der Waals surface area contributed by atoms with Crippen molar-refractivity contribution < 1.29 is 0 Å². The Morgan fingerprint density at radius 2 is 2.10 bits per heavy atom. The summed E-state index contributed by atoms with van der Waals surface area (Å²) in [5.41, 5.74) is 2.79. The maximum Gasteiger partial charge on any atom is 0.0614 e. The van der Waals surface area contributed by atoms with Crippen LogP contribution >= 0.6 is 0 Å². The van der Waals surface area contributed by atoms with Gasteiger partial charge in [0, 0.05) is 6.21 Å². The van der Waals surface area contributed by atoms with Crippen molar-refractivity contribution in [2.45, 2.75) is 25.7 Å². The van der Waals surface area contributed by atoms with Gasteiger partial charge in [-0.15, -0.1) is 0 Å². The molecule has 1 aliphatic heterocycles. The molecule has 2 rings (SSSR count). The Morgan fingerprint density at radius 1 is 1.20 bits per heavy atom. The summed E-state index contributed by atoms with van der Waals surface area (Å²) in [4.78, 5) is 4.32. The third-order valence-electron chi connectivity index (χ3n) is 2.06. The molecule has 1 heterocycles. The van der Waals surface area contributed by atoms with E-state index in [9.17, 15) is 0 Å². The van der Waals surface area contributed by atoms with Gasteiger partial charge in [-0.05, 0) is 37.3 Å². The molecular weight excluding hydrogens is 122 g/mol. The molecule has 0 bridgehead atoms. The molecule has 52 valence electrons. The normalized spacial score (nSPS) is 23.2. The first-order chi connectivity index (χ1) is 4.97. The standard InChI is InChI=1S/C9H11N/c1-2-6-9-8(4-1)5-3-7-10-9/h2,6-7H,1,3-5H2. The number of hydrogen-bond donors (Lipinski definition) is 0. The maximum absolute atomic E-state index is 4.32. The predicted octanol–water partition coefficient (Wildman–Crippen LogP) is 2.46. The van der Waals surface area contributed by atoms with Crippen molar-refractivity contribution in [3.63, 3.8) is 0 Å². The quantitative estimate of drug-likeness (QED) is 0.481. The van der Waals surface area contributed by atoms with Crippen LogP contribution in [0.15, 0.2) is 28.4 Å². The van der Waals surface area contributed by atoms with E-state index in [0.717, 1.165) is 6.42 Å². The lowest BCUT2D eigenvalue weighted by atomic mass is 9.97. The van der Waals surface area contributed by atoms with Crippen molar-refractivity contribution in [3.8, 4) is 0 Å². The Balaban J connectivity index is 2.32. The lowest BCUT2D eigenvalue weighted by Gasteiger charge is -2.14. The highest BCUT2D eigenvalue weighted by Crippen LogP contribution is 2.25. The van der Waals surface area contributed by atoms with E-state index >= 15 is 0 Å². The van der Waals surface area contributed by atoms with Gasteiger partial charge in [0.1, 0.15) is 0 Å². The van der Waals surface area contributed by atoms with Gasteiger partial charge >= 0.3 is 0 Å². The molecule has 0 aromatic heterocycles. The summed E-state index contributed by atoms with van der Waals surface area (Å²) in [6, 6.07) is 0. The van der Waals surface area contributed by atoms with Crippen molar-refractivity contribution in [2.24, 2.45) is 4.99 Å². The fourth-order valence-corrected chi connectivity index (χ4v) is 1.49. The SMILES string of the molecule is C1=CC2=C(CC1)CCC=N2. The Kier molecular flexibility index (Phi) is 1.42. The number of aliphatic imine (C=N–C) groups is 1. The van der Waals surface area contributed by atoms with E-state index in [2.05, 4.69) is 17.1 Å². The van der Waals surface area contributed by atoms with Gasteiger partial charge in [0.15, 0.2) is 0 Å². The summed E-state index contributed by atoms with van der Waals surface area (Å²) in [6.45, 7) is 0. The Bertz CT molecular complexity index is 199. The molecule has 0 aromatic rings. The average Bonchev–Trinajstić information content (AvgIpc) is 2.05. The second-order valence-corrected chi connectivity index (χ2v) is 2.78. The zero-order chi connectivity index (χ0) is 6.81. The van der Waals surface area contributed by atoms with Crippen LogP contribution in [0.2, 0.25) is 0 Å². The fourth-order valence-electron chi connectivity index (χ4n) is 1.49. The lowest BCUT2D eigenvalue weighted by molar-refractivity contribution is 0.835. The van der Waals surface area contributed by atoms with E-state index in [-0.39, 0.29) is 0 Å². The molecule has 1 aliphatic carbocycles. The molecule has 0 saturated carbocycles. The van der Waals surface area contributed by atoms with Crippen LogP contribution in [0, 0.1) is 0 Å². The van der Waals surface area contributed by atoms with Gasteiger partial charge in [-0.3, -0.25) is 4.99 Å². The highest BCUT2D eigenvalue weighted by atomic mass is 14.7. The van der Waals surface area contributed by atoms with E-state index in [1.807, 2.05) is 6.21 Å². The molecule has 2 aliphatic rings. The second-order valence-electron chi connectivity index (χ2n) is 2.78. The molecule has 0 saturated heterocycles. The summed E-state index contributed by atoms with van der Waals surface area (Å²) in [5.74, 6) is 0. The zero-order valence-corrected chi connectivity index (χ0v) is 6.01. The van der Waals surface area contributed by atoms with E-state index in [1.54, 1.807) is 5.57 Å². The van der Waals surface area contributed by atoms with E-state index < -0.39 is 0 Å². The molecule has 1 nitrogen and oxygen atoms in total. The smallest absolute Gasteiger partial charge is 0.0614 e. The summed E-state index contributed by atoms with van der Waals surface area (Å²) >= 11 is 0. The minimum atomic E-state index is 1.15. The van der Waals surface area contributed by atoms with Crippen LogP contribution in [0.4, 0.5) is 0 Å². The molecule has 1 heteroatoms. The van der Waals surface area contributed by atoms with Crippen molar-refractivity contribution in [1.82, 2.24) is 0 Å². The molecule has 0 fully saturated rings. The van der Waals surface area contributed by atoms with E-state index in [0.29, 0.717) is 0 Å². The Labute approximate surface area is 61.2 Å². The third kappa shape index (κ3) is 0.919. The molecular formula is C9H11N. The first-order valence-corrected chi connectivity index (χ1v) is 3.88. The van der Waals surface area contributed by atoms with E-state index in [4.69, 9.17) is 0 Å². The number of rotatable bonds is 0. The van der Waals surface area contributed by atoms with Crippen LogP contribution < -0.4 is 0 Å². The monoisotopic (exact) mass is 133 g/mol. The molecule has 0 radical (unpaired) electrons. The van der Waals surface area contributed by atoms with Gasteiger partial charge in [-0.25, -0.2) is 0 Å². The summed E-state index contributed by atoms with van der Waals surface area (Å²) in [5, 5.41) is 0. The summed E-state index contributed by atoms with van der Waals surface area (Å²) < 4.78 is 0. The second kappa shape index (κ2) is 2.41. The van der Waals surface area contributed by atoms with Crippen LogP contribution in [0.25, 0.3) is 0 Å². The van der Waals surface area contributed by atoms with Crippen molar-refractivity contribution in [1.29, 1.82) is 0 Å². The summed E-state index contributed by atoms with van der Waals surface area (Å²) in [6.07, 6.45) is 11.2. The maximum atomic E-state index is 4.32. The number of nitrogens with zero attached hydrogens (tertiary/aromatic N) is 1. The molecule has 0 spiro atoms. The Hall–Kier alpha value is -0.850. The highest BCUT2D eigenvalue weighted by Gasteiger charge is 2.08. The molecule has 0 amide bonds. The van der Waals surface area contributed by atoms with Gasteiger partial charge in [0.05, 0.1) is 5.70 Å². The average molecular weight is 133 g/mol. The van der Waals surface area contributed by atoms with Gasteiger partial charge in [-0.2, -0.15) is 0 Å². The van der Waals surface area contributed by atoms with Gasteiger partial charge in [-0.1, -0.05) is 6.08 Å². The lowest BCUT2D eigenvalue weighted by Crippen LogP contribution is -1.98.